The van der Waals surface area contributed by atoms with Crippen molar-refractivity contribution in [2.45, 2.75) is 0 Å². The molecule has 7 nitrogen and oxygen atoms in total. The molecule has 0 amide bonds. The molecule has 0 radical (unpaired) electrons. The van der Waals surface area contributed by atoms with E-state index in [1.165, 1.54) is 6.08 Å². The molecule has 118 valence electrons. The highest BCUT2D eigenvalue weighted by molar-refractivity contribution is 5.99. The third-order valence-electron chi connectivity index (χ3n) is 3.68. The molecule has 0 saturated heterocycles. The van der Waals surface area contributed by atoms with Gasteiger partial charge in [0.05, 0.1) is 28.3 Å². The topological polar surface area (TPSA) is 101 Å². The first-order valence-electron chi connectivity index (χ1n) is 6.85. The number of benzene rings is 2. The van der Waals surface area contributed by atoms with Crippen molar-refractivity contribution in [1.82, 2.24) is 0 Å². The molecule has 1 aliphatic heterocycles. The van der Waals surface area contributed by atoms with Crippen LogP contribution in [0.2, 0.25) is 0 Å². The second-order valence-electron chi connectivity index (χ2n) is 5.18. The van der Waals surface area contributed by atoms with Crippen LogP contribution >= 0.6 is 0 Å². The molecule has 0 saturated carbocycles. The predicted octanol–water partition coefficient (Wildman–Crippen LogP) is 2.85. The van der Waals surface area contributed by atoms with E-state index in [1.54, 1.807) is 24.4 Å². The third kappa shape index (κ3) is 2.12. The van der Waals surface area contributed by atoms with Crippen LogP contribution in [-0.2, 0) is 0 Å². The fraction of sp³-hybridized carbons (Fsp3) is 0. The van der Waals surface area contributed by atoms with Gasteiger partial charge in [0.25, 0.3) is 11.6 Å². The minimum Gasteiger partial charge on any atom is -0.480 e. The van der Waals surface area contributed by atoms with Crippen LogP contribution in [0.5, 0.6) is 5.95 Å². The lowest BCUT2D eigenvalue weighted by Gasteiger charge is -1.96. The summed E-state index contributed by atoms with van der Waals surface area (Å²) in [5, 5.41) is 30.3. The minimum absolute atomic E-state index is 0.0348. The van der Waals surface area contributed by atoms with E-state index in [2.05, 4.69) is 10.2 Å². The van der Waals surface area contributed by atoms with Crippen LogP contribution in [0.4, 0.5) is 15.8 Å². The maximum atomic E-state index is 13.5. The SMILES string of the molecule is O=[N+]([O-])c1cc(F)cc2c(O)oc(C=c3ccc4c(c3)N=NC=4)c12. The van der Waals surface area contributed by atoms with Gasteiger partial charge in [-0.05, 0) is 23.4 Å². The zero-order chi connectivity index (χ0) is 16.8. The number of fused-ring (bicyclic) bond motifs is 2. The summed E-state index contributed by atoms with van der Waals surface area (Å²) in [6.07, 6.45) is 3.13. The second-order valence-corrected chi connectivity index (χ2v) is 5.18. The number of nitro benzene ring substituents is 1. The Morgan fingerprint density at radius 2 is 2.12 bits per heavy atom. The fourth-order valence-corrected chi connectivity index (χ4v) is 2.63. The number of aromatic hydroxyl groups is 1. The van der Waals surface area contributed by atoms with Gasteiger partial charge in [0, 0.05) is 5.22 Å². The summed E-state index contributed by atoms with van der Waals surface area (Å²) in [7, 11) is 0. The van der Waals surface area contributed by atoms with Crippen molar-refractivity contribution in [3.8, 4) is 5.95 Å². The van der Waals surface area contributed by atoms with Gasteiger partial charge >= 0.3 is 0 Å². The summed E-state index contributed by atoms with van der Waals surface area (Å²) < 4.78 is 18.7. The molecule has 0 bridgehead atoms. The van der Waals surface area contributed by atoms with Gasteiger partial charge in [-0.15, -0.1) is 0 Å². The van der Waals surface area contributed by atoms with E-state index < -0.39 is 22.4 Å². The van der Waals surface area contributed by atoms with E-state index in [-0.39, 0.29) is 16.5 Å². The zero-order valence-corrected chi connectivity index (χ0v) is 11.9. The van der Waals surface area contributed by atoms with Gasteiger partial charge in [0.15, 0.2) is 0 Å². The lowest BCUT2D eigenvalue weighted by Crippen LogP contribution is -2.06. The first-order chi connectivity index (χ1) is 11.5. The molecule has 2 aromatic carbocycles. The Morgan fingerprint density at radius 3 is 2.92 bits per heavy atom. The van der Waals surface area contributed by atoms with Crippen LogP contribution in [0.25, 0.3) is 23.0 Å². The molecular formula is C16H8FN3O4. The van der Waals surface area contributed by atoms with Crippen molar-refractivity contribution < 1.29 is 18.8 Å². The minimum atomic E-state index is -0.828. The number of hydrogen-bond acceptors (Lipinski definition) is 6. The Labute approximate surface area is 132 Å². The molecule has 1 aromatic heterocycles. The molecule has 24 heavy (non-hydrogen) atoms. The van der Waals surface area contributed by atoms with E-state index in [4.69, 9.17) is 4.42 Å². The summed E-state index contributed by atoms with van der Waals surface area (Å²) in [6.45, 7) is 0. The van der Waals surface area contributed by atoms with Crippen LogP contribution in [0, 0.1) is 15.9 Å². The molecule has 3 aromatic rings. The van der Waals surface area contributed by atoms with Crippen LogP contribution in [0.1, 0.15) is 5.76 Å². The average Bonchev–Trinajstić information content (AvgIpc) is 3.11. The average molecular weight is 325 g/mol. The van der Waals surface area contributed by atoms with Gasteiger partial charge in [-0.2, -0.15) is 10.2 Å². The van der Waals surface area contributed by atoms with Crippen molar-refractivity contribution in [1.29, 1.82) is 0 Å². The number of azo groups is 1. The second kappa shape index (κ2) is 4.98. The number of rotatable bonds is 2. The first kappa shape index (κ1) is 14.1. The molecular weight excluding hydrogens is 317 g/mol. The molecule has 0 spiro atoms. The van der Waals surface area contributed by atoms with Crippen LogP contribution < -0.4 is 10.4 Å². The summed E-state index contributed by atoms with van der Waals surface area (Å²) in [6, 6.07) is 7.06. The van der Waals surface area contributed by atoms with Gasteiger partial charge in [-0.1, -0.05) is 12.1 Å². The maximum absolute atomic E-state index is 13.5. The van der Waals surface area contributed by atoms with E-state index in [1.807, 2.05) is 0 Å². The number of nitro groups is 1. The number of nitrogens with zero attached hydrogens (tertiary/aromatic N) is 3. The Kier molecular flexibility index (Phi) is 2.92. The molecule has 1 aliphatic rings. The molecule has 2 heterocycles. The summed E-state index contributed by atoms with van der Waals surface area (Å²) in [5.41, 5.74) is 0.179. The van der Waals surface area contributed by atoms with Gasteiger partial charge in [0.1, 0.15) is 17.0 Å². The van der Waals surface area contributed by atoms with Crippen molar-refractivity contribution in [3.63, 3.8) is 0 Å². The molecule has 8 heteroatoms. The molecule has 0 unspecified atom stereocenters. The molecule has 4 rings (SSSR count). The number of hydrogen-bond donors (Lipinski definition) is 1. The predicted molar refractivity (Wildman–Crippen MR) is 82.7 cm³/mol. The Morgan fingerprint density at radius 1 is 1.29 bits per heavy atom. The molecule has 0 atom stereocenters. The fourth-order valence-electron chi connectivity index (χ4n) is 2.63. The summed E-state index contributed by atoms with van der Waals surface area (Å²) in [5.74, 6) is -1.34. The van der Waals surface area contributed by atoms with E-state index >= 15 is 0 Å². The molecule has 1 N–H and O–H groups in total. The number of furan rings is 1. The lowest BCUT2D eigenvalue weighted by atomic mass is 10.1. The highest BCUT2D eigenvalue weighted by Gasteiger charge is 2.23. The Hall–Kier alpha value is -3.55. The number of halogens is 1. The van der Waals surface area contributed by atoms with Gasteiger partial charge in [0.2, 0.25) is 0 Å². The van der Waals surface area contributed by atoms with E-state index in [9.17, 15) is 19.6 Å². The third-order valence-corrected chi connectivity index (χ3v) is 3.68. The highest BCUT2D eigenvalue weighted by atomic mass is 19.1. The van der Waals surface area contributed by atoms with Crippen LogP contribution in [0.3, 0.4) is 0 Å². The quantitative estimate of drug-likeness (QED) is 0.578. The van der Waals surface area contributed by atoms with Gasteiger partial charge in [-0.3, -0.25) is 10.1 Å². The molecule has 0 aliphatic carbocycles. The summed E-state index contributed by atoms with van der Waals surface area (Å²) >= 11 is 0. The van der Waals surface area contributed by atoms with Gasteiger partial charge in [-0.25, -0.2) is 4.39 Å². The van der Waals surface area contributed by atoms with Crippen molar-refractivity contribution in [2.24, 2.45) is 10.2 Å². The number of non-ortho nitro benzene ring substituents is 1. The Balaban J connectivity index is 2.01. The summed E-state index contributed by atoms with van der Waals surface area (Å²) in [4.78, 5) is 10.5. The molecule has 0 fully saturated rings. The normalized spacial score (nSPS) is 13.3. The van der Waals surface area contributed by atoms with Crippen LogP contribution in [0.15, 0.2) is 45.0 Å². The zero-order valence-electron chi connectivity index (χ0n) is 11.9. The van der Waals surface area contributed by atoms with Crippen molar-refractivity contribution in [3.05, 3.63) is 62.5 Å². The van der Waals surface area contributed by atoms with Crippen molar-refractivity contribution >= 4 is 34.4 Å². The van der Waals surface area contributed by atoms with Crippen LogP contribution in [-0.4, -0.2) is 10.0 Å². The highest BCUT2D eigenvalue weighted by Crippen LogP contribution is 2.38. The lowest BCUT2D eigenvalue weighted by molar-refractivity contribution is -0.383. The standard InChI is InChI=1S/C16H8FN3O4/c17-10-5-11-15(13(6-10)20(22)23)14(24-16(11)21)4-8-1-2-9-7-18-19-12(9)3-8/h1-7,21H. The monoisotopic (exact) mass is 325 g/mol. The Bertz CT molecular complexity index is 1160. The van der Waals surface area contributed by atoms with E-state index in [0.29, 0.717) is 10.9 Å². The van der Waals surface area contributed by atoms with E-state index in [0.717, 1.165) is 17.4 Å². The van der Waals surface area contributed by atoms with Crippen molar-refractivity contribution in [2.75, 3.05) is 0 Å². The maximum Gasteiger partial charge on any atom is 0.290 e. The largest absolute Gasteiger partial charge is 0.480 e. The smallest absolute Gasteiger partial charge is 0.290 e. The first-order valence-corrected chi connectivity index (χ1v) is 6.85. The van der Waals surface area contributed by atoms with Gasteiger partial charge < -0.3 is 9.52 Å².